The van der Waals surface area contributed by atoms with E-state index in [1.165, 1.54) is 12.4 Å². The number of anilines is 1. The Morgan fingerprint density at radius 2 is 2.44 bits per heavy atom. The summed E-state index contributed by atoms with van der Waals surface area (Å²) in [7, 11) is 0. The van der Waals surface area contributed by atoms with Crippen LogP contribution in [0.2, 0.25) is 0 Å². The molecule has 1 saturated heterocycles. The summed E-state index contributed by atoms with van der Waals surface area (Å²) in [4.78, 5) is 20.8. The highest BCUT2D eigenvalue weighted by Crippen LogP contribution is 2.17. The van der Waals surface area contributed by atoms with E-state index in [4.69, 9.17) is 0 Å². The second-order valence-electron chi connectivity index (χ2n) is 3.61. The van der Waals surface area contributed by atoms with Crippen LogP contribution in [0.25, 0.3) is 0 Å². The number of hydrogen-bond donors (Lipinski definition) is 1. The van der Waals surface area contributed by atoms with E-state index in [2.05, 4.69) is 15.3 Å². The average Bonchev–Trinajstić information content (AvgIpc) is 2.28. The number of carbonyl (C=O) groups is 1. The van der Waals surface area contributed by atoms with E-state index < -0.39 is 5.95 Å². The van der Waals surface area contributed by atoms with Crippen molar-refractivity contribution in [2.75, 3.05) is 18.0 Å². The molecule has 0 spiro atoms. The summed E-state index contributed by atoms with van der Waals surface area (Å²) in [6.45, 7) is 3.11. The average molecular weight is 224 g/mol. The highest BCUT2D eigenvalue weighted by atomic mass is 19.1. The lowest BCUT2D eigenvalue weighted by Crippen LogP contribution is -2.55. The van der Waals surface area contributed by atoms with Crippen molar-refractivity contribution in [2.45, 2.75) is 19.4 Å². The van der Waals surface area contributed by atoms with Crippen molar-refractivity contribution in [1.29, 1.82) is 0 Å². The Hall–Kier alpha value is -1.72. The van der Waals surface area contributed by atoms with E-state index in [0.717, 1.165) is 0 Å². The van der Waals surface area contributed by atoms with Gasteiger partial charge in [0.15, 0.2) is 0 Å². The standard InChI is InChI=1S/C10H13FN4O/c1-2-7-10(16)12-3-4-15(7)9-5-8(11)13-6-14-9/h5-7H,2-4H2,1H3,(H,12,16). The van der Waals surface area contributed by atoms with Gasteiger partial charge in [0.05, 0.1) is 0 Å². The molecular weight excluding hydrogens is 211 g/mol. The number of piperazine rings is 1. The Kier molecular flexibility index (Phi) is 2.98. The Morgan fingerprint density at radius 3 is 3.12 bits per heavy atom. The molecule has 5 nitrogen and oxygen atoms in total. The number of nitrogens with zero attached hydrogens (tertiary/aromatic N) is 3. The Bertz CT molecular complexity index is 398. The zero-order valence-corrected chi connectivity index (χ0v) is 8.98. The molecule has 1 atom stereocenters. The first-order valence-electron chi connectivity index (χ1n) is 5.24. The van der Waals surface area contributed by atoms with Crippen LogP contribution in [0.15, 0.2) is 12.4 Å². The SMILES string of the molecule is CCC1C(=O)NCCN1c1cc(F)ncn1. The lowest BCUT2D eigenvalue weighted by molar-refractivity contribution is -0.123. The predicted octanol–water partition coefficient (Wildman–Crippen LogP) is 0.330. The molecule has 86 valence electrons. The molecule has 1 aliphatic heterocycles. The van der Waals surface area contributed by atoms with Crippen LogP contribution in [0.4, 0.5) is 10.2 Å². The molecule has 1 aliphatic rings. The third kappa shape index (κ3) is 1.95. The third-order valence-corrected chi connectivity index (χ3v) is 2.63. The van der Waals surface area contributed by atoms with Gasteiger partial charge in [-0.3, -0.25) is 4.79 Å². The zero-order chi connectivity index (χ0) is 11.5. The molecule has 0 aliphatic carbocycles. The topological polar surface area (TPSA) is 58.1 Å². The molecule has 1 fully saturated rings. The number of carbonyl (C=O) groups excluding carboxylic acids is 1. The van der Waals surface area contributed by atoms with Gasteiger partial charge in [0.2, 0.25) is 11.9 Å². The molecule has 1 unspecified atom stereocenters. The van der Waals surface area contributed by atoms with E-state index in [1.807, 2.05) is 11.8 Å². The largest absolute Gasteiger partial charge is 0.353 e. The molecular formula is C10H13FN4O. The summed E-state index contributed by atoms with van der Waals surface area (Å²) in [6.07, 6.45) is 1.83. The highest BCUT2D eigenvalue weighted by Gasteiger charge is 2.29. The molecule has 0 radical (unpaired) electrons. The van der Waals surface area contributed by atoms with Gasteiger partial charge in [-0.25, -0.2) is 9.97 Å². The highest BCUT2D eigenvalue weighted by molar-refractivity contribution is 5.86. The lowest BCUT2D eigenvalue weighted by atomic mass is 10.1. The maximum absolute atomic E-state index is 13.0. The van der Waals surface area contributed by atoms with Crippen molar-refractivity contribution in [2.24, 2.45) is 0 Å². The fourth-order valence-corrected chi connectivity index (χ4v) is 1.88. The molecule has 2 rings (SSSR count). The van der Waals surface area contributed by atoms with Gasteiger partial charge in [-0.15, -0.1) is 0 Å². The van der Waals surface area contributed by atoms with Crippen LogP contribution in [0.1, 0.15) is 13.3 Å². The first-order chi connectivity index (χ1) is 7.72. The van der Waals surface area contributed by atoms with Gasteiger partial charge >= 0.3 is 0 Å². The summed E-state index contributed by atoms with van der Waals surface area (Å²) < 4.78 is 13.0. The molecule has 6 heteroatoms. The number of halogens is 1. The smallest absolute Gasteiger partial charge is 0.242 e. The van der Waals surface area contributed by atoms with E-state index in [0.29, 0.717) is 25.3 Å². The minimum atomic E-state index is -0.578. The van der Waals surface area contributed by atoms with Crippen LogP contribution in [-0.4, -0.2) is 35.0 Å². The van der Waals surface area contributed by atoms with E-state index in [9.17, 15) is 9.18 Å². The molecule has 16 heavy (non-hydrogen) atoms. The number of nitrogens with one attached hydrogen (secondary N) is 1. The van der Waals surface area contributed by atoms with Crippen LogP contribution < -0.4 is 10.2 Å². The normalized spacial score (nSPS) is 20.8. The fraction of sp³-hybridized carbons (Fsp3) is 0.500. The van der Waals surface area contributed by atoms with Gasteiger partial charge in [0.25, 0.3) is 0 Å². The van der Waals surface area contributed by atoms with Crippen molar-refractivity contribution in [3.63, 3.8) is 0 Å². The van der Waals surface area contributed by atoms with Gasteiger partial charge in [0, 0.05) is 19.2 Å². The minimum Gasteiger partial charge on any atom is -0.353 e. The first-order valence-corrected chi connectivity index (χ1v) is 5.24. The van der Waals surface area contributed by atoms with Gasteiger partial charge in [0.1, 0.15) is 18.2 Å². The van der Waals surface area contributed by atoms with Crippen LogP contribution in [0.3, 0.4) is 0 Å². The van der Waals surface area contributed by atoms with Gasteiger partial charge in [-0.05, 0) is 6.42 Å². The molecule has 0 aromatic carbocycles. The fourth-order valence-electron chi connectivity index (χ4n) is 1.88. The van der Waals surface area contributed by atoms with Crippen molar-refractivity contribution in [1.82, 2.24) is 15.3 Å². The summed E-state index contributed by atoms with van der Waals surface area (Å²) in [5.41, 5.74) is 0. The Morgan fingerprint density at radius 1 is 1.62 bits per heavy atom. The van der Waals surface area contributed by atoms with E-state index in [1.54, 1.807) is 0 Å². The number of rotatable bonds is 2. The molecule has 2 heterocycles. The Balaban J connectivity index is 2.27. The van der Waals surface area contributed by atoms with Crippen LogP contribution >= 0.6 is 0 Å². The lowest BCUT2D eigenvalue weighted by Gasteiger charge is -2.35. The Labute approximate surface area is 92.7 Å². The second-order valence-corrected chi connectivity index (χ2v) is 3.61. The van der Waals surface area contributed by atoms with E-state index in [-0.39, 0.29) is 11.9 Å². The first kappa shape index (κ1) is 10.8. The molecule has 1 N–H and O–H groups in total. The van der Waals surface area contributed by atoms with Crippen molar-refractivity contribution < 1.29 is 9.18 Å². The predicted molar refractivity (Wildman–Crippen MR) is 56.4 cm³/mol. The molecule has 1 aromatic heterocycles. The minimum absolute atomic E-state index is 0.0345. The van der Waals surface area contributed by atoms with Crippen LogP contribution in [0, 0.1) is 5.95 Å². The van der Waals surface area contributed by atoms with Crippen LogP contribution in [0.5, 0.6) is 0 Å². The summed E-state index contributed by atoms with van der Waals surface area (Å²) in [6, 6.07) is 0.976. The molecule has 0 saturated carbocycles. The number of aromatic nitrogens is 2. The third-order valence-electron chi connectivity index (χ3n) is 2.63. The van der Waals surface area contributed by atoms with Crippen LogP contribution in [-0.2, 0) is 4.79 Å². The van der Waals surface area contributed by atoms with Crippen molar-refractivity contribution in [3.8, 4) is 0 Å². The quantitative estimate of drug-likeness (QED) is 0.735. The zero-order valence-electron chi connectivity index (χ0n) is 8.98. The molecule has 1 aromatic rings. The maximum atomic E-state index is 13.0. The van der Waals surface area contributed by atoms with Crippen molar-refractivity contribution >= 4 is 11.7 Å². The number of hydrogen-bond acceptors (Lipinski definition) is 4. The van der Waals surface area contributed by atoms with E-state index >= 15 is 0 Å². The maximum Gasteiger partial charge on any atom is 0.242 e. The summed E-state index contributed by atoms with van der Waals surface area (Å²) in [5, 5.41) is 2.78. The number of amides is 1. The van der Waals surface area contributed by atoms with Gasteiger partial charge in [-0.2, -0.15) is 4.39 Å². The van der Waals surface area contributed by atoms with Crippen molar-refractivity contribution in [3.05, 3.63) is 18.3 Å². The molecule has 0 bridgehead atoms. The second kappa shape index (κ2) is 4.42. The summed E-state index contributed by atoms with van der Waals surface area (Å²) >= 11 is 0. The summed E-state index contributed by atoms with van der Waals surface area (Å²) in [5.74, 6) is -0.146. The molecule has 1 amide bonds. The monoisotopic (exact) mass is 224 g/mol. The van der Waals surface area contributed by atoms with Gasteiger partial charge < -0.3 is 10.2 Å². The van der Waals surface area contributed by atoms with Gasteiger partial charge in [-0.1, -0.05) is 6.92 Å².